The molecular weight excluding hydrogens is 300 g/mol. The standard InChI is InChI=1S/C19H20N4O/c24-16-9-11-23(12-10-16)15-7-5-14(6-8-15)21-19-13-20-17-3-1-2-4-18(17)22-19/h1-8,13,16,24H,9-12H2,(H,21,22). The number of hydrogen-bond acceptors (Lipinski definition) is 5. The van der Waals surface area contributed by atoms with E-state index in [1.54, 1.807) is 6.20 Å². The summed E-state index contributed by atoms with van der Waals surface area (Å²) in [5.41, 5.74) is 3.95. The Morgan fingerprint density at radius 2 is 1.67 bits per heavy atom. The molecule has 2 N–H and O–H groups in total. The number of aliphatic hydroxyl groups is 1. The highest BCUT2D eigenvalue weighted by atomic mass is 16.3. The van der Waals surface area contributed by atoms with Crippen LogP contribution in [0.4, 0.5) is 17.2 Å². The van der Waals surface area contributed by atoms with Gasteiger partial charge in [-0.05, 0) is 49.2 Å². The number of fused-ring (bicyclic) bond motifs is 1. The van der Waals surface area contributed by atoms with Crippen LogP contribution >= 0.6 is 0 Å². The van der Waals surface area contributed by atoms with Gasteiger partial charge >= 0.3 is 0 Å². The topological polar surface area (TPSA) is 61.3 Å². The van der Waals surface area contributed by atoms with Crippen molar-refractivity contribution < 1.29 is 5.11 Å². The molecule has 2 aromatic carbocycles. The van der Waals surface area contributed by atoms with E-state index in [2.05, 4.69) is 44.5 Å². The molecule has 0 amide bonds. The molecular formula is C19H20N4O. The molecule has 1 aliphatic rings. The van der Waals surface area contributed by atoms with Crippen molar-refractivity contribution in [3.8, 4) is 0 Å². The van der Waals surface area contributed by atoms with Crippen molar-refractivity contribution in [2.24, 2.45) is 0 Å². The Kier molecular flexibility index (Phi) is 4.01. The lowest BCUT2D eigenvalue weighted by molar-refractivity contribution is 0.145. The zero-order valence-corrected chi connectivity index (χ0v) is 13.4. The largest absolute Gasteiger partial charge is 0.393 e. The van der Waals surface area contributed by atoms with Crippen LogP contribution in [-0.2, 0) is 0 Å². The summed E-state index contributed by atoms with van der Waals surface area (Å²) >= 11 is 0. The lowest BCUT2D eigenvalue weighted by Gasteiger charge is -2.31. The molecule has 122 valence electrons. The maximum Gasteiger partial charge on any atom is 0.149 e. The quantitative estimate of drug-likeness (QED) is 0.775. The van der Waals surface area contributed by atoms with Gasteiger partial charge in [0, 0.05) is 24.5 Å². The fraction of sp³-hybridized carbons (Fsp3) is 0.263. The number of aromatic nitrogens is 2. The third-order valence-corrected chi connectivity index (χ3v) is 4.42. The summed E-state index contributed by atoms with van der Waals surface area (Å²) in [5.74, 6) is 0.738. The zero-order valence-electron chi connectivity index (χ0n) is 13.4. The summed E-state index contributed by atoms with van der Waals surface area (Å²) in [7, 11) is 0. The van der Waals surface area contributed by atoms with Crippen LogP contribution < -0.4 is 10.2 Å². The normalized spacial score (nSPS) is 15.6. The predicted octanol–water partition coefficient (Wildman–Crippen LogP) is 3.33. The van der Waals surface area contributed by atoms with Gasteiger partial charge in [0.25, 0.3) is 0 Å². The fourth-order valence-electron chi connectivity index (χ4n) is 3.04. The van der Waals surface area contributed by atoms with Crippen LogP contribution in [0.25, 0.3) is 11.0 Å². The van der Waals surface area contributed by atoms with E-state index >= 15 is 0 Å². The van der Waals surface area contributed by atoms with Gasteiger partial charge in [0.2, 0.25) is 0 Å². The van der Waals surface area contributed by atoms with Crippen LogP contribution in [0.15, 0.2) is 54.7 Å². The molecule has 2 heterocycles. The number of aliphatic hydroxyl groups excluding tert-OH is 1. The summed E-state index contributed by atoms with van der Waals surface area (Å²) in [6.07, 6.45) is 3.29. The average Bonchev–Trinajstić information content (AvgIpc) is 2.63. The van der Waals surface area contributed by atoms with E-state index < -0.39 is 0 Å². The molecule has 1 saturated heterocycles. The smallest absolute Gasteiger partial charge is 0.149 e. The van der Waals surface area contributed by atoms with Crippen LogP contribution in [0.1, 0.15) is 12.8 Å². The first-order chi connectivity index (χ1) is 11.8. The van der Waals surface area contributed by atoms with Gasteiger partial charge in [-0.1, -0.05) is 12.1 Å². The molecule has 24 heavy (non-hydrogen) atoms. The molecule has 0 radical (unpaired) electrons. The van der Waals surface area contributed by atoms with Crippen LogP contribution in [0.3, 0.4) is 0 Å². The highest BCUT2D eigenvalue weighted by Gasteiger charge is 2.16. The van der Waals surface area contributed by atoms with Crippen LogP contribution in [0, 0.1) is 0 Å². The van der Waals surface area contributed by atoms with Gasteiger partial charge in [0.15, 0.2) is 0 Å². The minimum atomic E-state index is -0.145. The van der Waals surface area contributed by atoms with Gasteiger partial charge in [0.1, 0.15) is 5.82 Å². The minimum absolute atomic E-state index is 0.145. The molecule has 5 heteroatoms. The Balaban J connectivity index is 1.48. The van der Waals surface area contributed by atoms with E-state index in [0.29, 0.717) is 0 Å². The van der Waals surface area contributed by atoms with Gasteiger partial charge in [-0.15, -0.1) is 0 Å². The number of benzene rings is 2. The number of nitrogens with one attached hydrogen (secondary N) is 1. The summed E-state index contributed by atoms with van der Waals surface area (Å²) in [5, 5.41) is 12.9. The summed E-state index contributed by atoms with van der Waals surface area (Å²) in [4.78, 5) is 11.3. The molecule has 1 fully saturated rings. The number of hydrogen-bond donors (Lipinski definition) is 2. The van der Waals surface area contributed by atoms with E-state index in [1.807, 2.05) is 24.3 Å². The van der Waals surface area contributed by atoms with E-state index in [0.717, 1.165) is 48.5 Å². The van der Waals surface area contributed by atoms with Crippen molar-refractivity contribution in [2.45, 2.75) is 18.9 Å². The molecule has 0 atom stereocenters. The second-order valence-electron chi connectivity index (χ2n) is 6.13. The second kappa shape index (κ2) is 6.45. The maximum atomic E-state index is 9.61. The lowest BCUT2D eigenvalue weighted by atomic mass is 10.1. The highest BCUT2D eigenvalue weighted by molar-refractivity contribution is 5.76. The number of anilines is 3. The van der Waals surface area contributed by atoms with Gasteiger partial charge in [0.05, 0.1) is 23.3 Å². The number of piperidine rings is 1. The predicted molar refractivity (Wildman–Crippen MR) is 96.7 cm³/mol. The van der Waals surface area contributed by atoms with Gasteiger partial charge < -0.3 is 15.3 Å². The molecule has 3 aromatic rings. The Hall–Kier alpha value is -2.66. The highest BCUT2D eigenvalue weighted by Crippen LogP contribution is 2.23. The number of para-hydroxylation sites is 2. The van der Waals surface area contributed by atoms with E-state index in [4.69, 9.17) is 0 Å². The summed E-state index contributed by atoms with van der Waals surface area (Å²) in [6.45, 7) is 1.81. The van der Waals surface area contributed by atoms with Crippen molar-refractivity contribution in [2.75, 3.05) is 23.3 Å². The van der Waals surface area contributed by atoms with Crippen molar-refractivity contribution in [1.82, 2.24) is 9.97 Å². The van der Waals surface area contributed by atoms with Crippen LogP contribution in [0.5, 0.6) is 0 Å². The van der Waals surface area contributed by atoms with Gasteiger partial charge in [-0.3, -0.25) is 4.98 Å². The third kappa shape index (κ3) is 3.16. The third-order valence-electron chi connectivity index (χ3n) is 4.42. The van der Waals surface area contributed by atoms with Crippen molar-refractivity contribution >= 4 is 28.2 Å². The van der Waals surface area contributed by atoms with Crippen LogP contribution in [-0.4, -0.2) is 34.3 Å². The lowest BCUT2D eigenvalue weighted by Crippen LogP contribution is -2.35. The van der Waals surface area contributed by atoms with Gasteiger partial charge in [-0.25, -0.2) is 4.98 Å². The molecule has 0 bridgehead atoms. The molecule has 1 aliphatic heterocycles. The Labute approximate surface area is 141 Å². The minimum Gasteiger partial charge on any atom is -0.393 e. The zero-order chi connectivity index (χ0) is 16.4. The second-order valence-corrected chi connectivity index (χ2v) is 6.13. The summed E-state index contributed by atoms with van der Waals surface area (Å²) in [6, 6.07) is 16.2. The molecule has 0 spiro atoms. The fourth-order valence-corrected chi connectivity index (χ4v) is 3.04. The molecule has 4 rings (SSSR count). The van der Waals surface area contributed by atoms with Crippen molar-refractivity contribution in [1.29, 1.82) is 0 Å². The number of rotatable bonds is 3. The molecule has 5 nitrogen and oxygen atoms in total. The first kappa shape index (κ1) is 14.9. The average molecular weight is 320 g/mol. The monoisotopic (exact) mass is 320 g/mol. The van der Waals surface area contributed by atoms with Crippen molar-refractivity contribution in [3.05, 3.63) is 54.7 Å². The van der Waals surface area contributed by atoms with Crippen molar-refractivity contribution in [3.63, 3.8) is 0 Å². The molecule has 0 unspecified atom stereocenters. The Morgan fingerprint density at radius 1 is 0.958 bits per heavy atom. The van der Waals surface area contributed by atoms with Crippen LogP contribution in [0.2, 0.25) is 0 Å². The molecule has 1 aromatic heterocycles. The maximum absolute atomic E-state index is 9.61. The Morgan fingerprint density at radius 3 is 2.42 bits per heavy atom. The first-order valence-electron chi connectivity index (χ1n) is 8.30. The van der Waals surface area contributed by atoms with E-state index in [-0.39, 0.29) is 6.10 Å². The van der Waals surface area contributed by atoms with E-state index in [1.165, 1.54) is 5.69 Å². The van der Waals surface area contributed by atoms with E-state index in [9.17, 15) is 5.11 Å². The first-order valence-corrected chi connectivity index (χ1v) is 8.30. The van der Waals surface area contributed by atoms with Gasteiger partial charge in [-0.2, -0.15) is 0 Å². The molecule has 0 saturated carbocycles. The number of nitrogens with zero attached hydrogens (tertiary/aromatic N) is 3. The SMILES string of the molecule is OC1CCN(c2ccc(Nc3cnc4ccccc4n3)cc2)CC1. The Bertz CT molecular complexity index is 826. The molecule has 0 aliphatic carbocycles. The summed E-state index contributed by atoms with van der Waals surface area (Å²) < 4.78 is 0.